The van der Waals surface area contributed by atoms with Crippen molar-refractivity contribution in [1.29, 1.82) is 0 Å². The highest BCUT2D eigenvalue weighted by molar-refractivity contribution is 5.77. The minimum Gasteiger partial charge on any atom is -0.480 e. The Hall–Kier alpha value is -0.650. The van der Waals surface area contributed by atoms with Crippen molar-refractivity contribution in [2.75, 3.05) is 26.4 Å². The lowest BCUT2D eigenvalue weighted by Crippen LogP contribution is -2.45. The zero-order chi connectivity index (χ0) is 12.4. The Morgan fingerprint density at radius 3 is 2.31 bits per heavy atom. The van der Waals surface area contributed by atoms with Crippen molar-refractivity contribution in [2.24, 2.45) is 5.73 Å². The molecule has 5 heteroatoms. The van der Waals surface area contributed by atoms with E-state index < -0.39 is 11.5 Å². The second-order valence-corrected chi connectivity index (χ2v) is 4.05. The Bertz CT molecular complexity index is 194. The van der Waals surface area contributed by atoms with Crippen molar-refractivity contribution in [1.82, 2.24) is 0 Å². The zero-order valence-corrected chi connectivity index (χ0v) is 10.2. The van der Waals surface area contributed by atoms with Gasteiger partial charge in [0.15, 0.2) is 0 Å². The van der Waals surface area contributed by atoms with Crippen LogP contribution in [-0.2, 0) is 14.3 Å². The van der Waals surface area contributed by atoms with Gasteiger partial charge in [0.1, 0.15) is 5.54 Å². The molecule has 0 fully saturated rings. The van der Waals surface area contributed by atoms with Crippen LogP contribution in [0.4, 0.5) is 0 Å². The van der Waals surface area contributed by atoms with E-state index in [0.717, 1.165) is 19.4 Å². The van der Waals surface area contributed by atoms with Crippen LogP contribution in [0.1, 0.15) is 33.1 Å². The lowest BCUT2D eigenvalue weighted by molar-refractivity contribution is -0.143. The fourth-order valence-electron chi connectivity index (χ4n) is 0.959. The van der Waals surface area contributed by atoms with Crippen molar-refractivity contribution in [3.05, 3.63) is 0 Å². The monoisotopic (exact) mass is 233 g/mol. The number of carboxylic acids is 1. The average Bonchev–Trinajstić information content (AvgIpc) is 2.21. The molecule has 0 radical (unpaired) electrons. The number of unbranched alkanes of at least 4 members (excludes halogenated alkanes) is 1. The van der Waals surface area contributed by atoms with Gasteiger partial charge in [-0.05, 0) is 19.8 Å². The molecule has 0 saturated carbocycles. The third-order valence-electron chi connectivity index (χ3n) is 2.27. The van der Waals surface area contributed by atoms with Crippen LogP contribution in [0.2, 0.25) is 0 Å². The number of nitrogens with two attached hydrogens (primary N) is 1. The third kappa shape index (κ3) is 7.62. The van der Waals surface area contributed by atoms with E-state index in [1.165, 1.54) is 6.92 Å². The minimum absolute atomic E-state index is 0.303. The second kappa shape index (κ2) is 8.50. The van der Waals surface area contributed by atoms with Crippen molar-refractivity contribution in [3.63, 3.8) is 0 Å². The predicted octanol–water partition coefficient (Wildman–Crippen LogP) is 1.01. The topological polar surface area (TPSA) is 81.8 Å². The number of rotatable bonds is 10. The summed E-state index contributed by atoms with van der Waals surface area (Å²) >= 11 is 0. The molecule has 0 aromatic heterocycles. The van der Waals surface area contributed by atoms with Crippen LogP contribution in [-0.4, -0.2) is 43.0 Å². The van der Waals surface area contributed by atoms with Crippen LogP contribution < -0.4 is 5.73 Å². The number of aliphatic carboxylic acids is 1. The fourth-order valence-corrected chi connectivity index (χ4v) is 0.959. The molecule has 1 unspecified atom stereocenters. The summed E-state index contributed by atoms with van der Waals surface area (Å²) in [6, 6.07) is 0. The van der Waals surface area contributed by atoms with E-state index in [2.05, 4.69) is 6.92 Å². The molecule has 0 spiro atoms. The van der Waals surface area contributed by atoms with E-state index >= 15 is 0 Å². The van der Waals surface area contributed by atoms with Gasteiger partial charge in [-0.25, -0.2) is 0 Å². The lowest BCUT2D eigenvalue weighted by atomic mass is 10.0. The molecular weight excluding hydrogens is 210 g/mol. The summed E-state index contributed by atoms with van der Waals surface area (Å²) in [7, 11) is 0. The summed E-state index contributed by atoms with van der Waals surface area (Å²) in [6.07, 6.45) is 2.47. The van der Waals surface area contributed by atoms with Gasteiger partial charge in [0, 0.05) is 13.2 Å². The largest absolute Gasteiger partial charge is 0.480 e. The van der Waals surface area contributed by atoms with E-state index in [9.17, 15) is 4.79 Å². The Balaban J connectivity index is 3.30. The average molecular weight is 233 g/mol. The molecule has 0 amide bonds. The molecule has 3 N–H and O–H groups in total. The molecule has 5 nitrogen and oxygen atoms in total. The Kier molecular flexibility index (Phi) is 8.15. The second-order valence-electron chi connectivity index (χ2n) is 4.05. The van der Waals surface area contributed by atoms with Gasteiger partial charge in [-0.15, -0.1) is 0 Å². The van der Waals surface area contributed by atoms with E-state index in [0.29, 0.717) is 26.2 Å². The number of carbonyl (C=O) groups is 1. The Labute approximate surface area is 96.9 Å². The normalized spacial score (nSPS) is 14.7. The van der Waals surface area contributed by atoms with Gasteiger partial charge in [0.05, 0.1) is 13.2 Å². The van der Waals surface area contributed by atoms with E-state index in [1.807, 2.05) is 0 Å². The molecule has 0 aromatic carbocycles. The molecule has 0 heterocycles. The summed E-state index contributed by atoms with van der Waals surface area (Å²) in [5.41, 5.74) is 4.32. The van der Waals surface area contributed by atoms with Crippen LogP contribution in [0.3, 0.4) is 0 Å². The molecule has 1 atom stereocenters. The smallest absolute Gasteiger partial charge is 0.323 e. The fraction of sp³-hybridized carbons (Fsp3) is 0.909. The molecule has 0 aromatic rings. The maximum absolute atomic E-state index is 10.7. The summed E-state index contributed by atoms with van der Waals surface area (Å²) in [4.78, 5) is 10.7. The first-order valence-electron chi connectivity index (χ1n) is 5.68. The van der Waals surface area contributed by atoms with Crippen molar-refractivity contribution >= 4 is 5.97 Å². The number of hydrogen-bond donors (Lipinski definition) is 2. The number of hydrogen-bond acceptors (Lipinski definition) is 4. The number of carboxylic acid groups (broad SMARTS) is 1. The number of ether oxygens (including phenoxy) is 2. The van der Waals surface area contributed by atoms with Crippen molar-refractivity contribution in [3.8, 4) is 0 Å². The van der Waals surface area contributed by atoms with Crippen LogP contribution >= 0.6 is 0 Å². The minimum atomic E-state index is -1.21. The molecule has 16 heavy (non-hydrogen) atoms. The van der Waals surface area contributed by atoms with Gasteiger partial charge in [-0.2, -0.15) is 0 Å². The van der Waals surface area contributed by atoms with Gasteiger partial charge in [-0.1, -0.05) is 13.3 Å². The third-order valence-corrected chi connectivity index (χ3v) is 2.27. The van der Waals surface area contributed by atoms with Gasteiger partial charge in [0.2, 0.25) is 0 Å². The van der Waals surface area contributed by atoms with Crippen LogP contribution in [0.15, 0.2) is 0 Å². The SMILES string of the molecule is CCCCOCCOCCC(C)(N)C(=O)O. The quantitative estimate of drug-likeness (QED) is 0.550. The first-order chi connectivity index (χ1) is 7.50. The summed E-state index contributed by atoms with van der Waals surface area (Å²) in [6.45, 7) is 5.72. The molecule has 0 aliphatic heterocycles. The summed E-state index contributed by atoms with van der Waals surface area (Å²) in [5, 5.41) is 8.74. The molecule has 0 aliphatic rings. The van der Waals surface area contributed by atoms with E-state index in [1.54, 1.807) is 0 Å². The molecule has 96 valence electrons. The van der Waals surface area contributed by atoms with E-state index in [4.69, 9.17) is 20.3 Å². The van der Waals surface area contributed by atoms with Crippen LogP contribution in [0, 0.1) is 0 Å². The van der Waals surface area contributed by atoms with Gasteiger partial charge >= 0.3 is 5.97 Å². The Morgan fingerprint density at radius 2 is 1.81 bits per heavy atom. The zero-order valence-electron chi connectivity index (χ0n) is 10.2. The molecule has 0 bridgehead atoms. The maximum Gasteiger partial charge on any atom is 0.323 e. The van der Waals surface area contributed by atoms with Gasteiger partial charge in [-0.3, -0.25) is 4.79 Å². The first kappa shape index (κ1) is 15.3. The van der Waals surface area contributed by atoms with Crippen molar-refractivity contribution in [2.45, 2.75) is 38.6 Å². The molecular formula is C11H23NO4. The van der Waals surface area contributed by atoms with Gasteiger partial charge < -0.3 is 20.3 Å². The predicted molar refractivity (Wildman–Crippen MR) is 61.4 cm³/mol. The summed E-state index contributed by atoms with van der Waals surface area (Å²) < 4.78 is 10.5. The standard InChI is InChI=1S/C11H23NO4/c1-3-4-6-15-8-9-16-7-5-11(2,12)10(13)14/h3-9,12H2,1-2H3,(H,13,14). The van der Waals surface area contributed by atoms with E-state index in [-0.39, 0.29) is 0 Å². The van der Waals surface area contributed by atoms with Crippen LogP contribution in [0.5, 0.6) is 0 Å². The van der Waals surface area contributed by atoms with Crippen LogP contribution in [0.25, 0.3) is 0 Å². The molecule has 0 rings (SSSR count). The van der Waals surface area contributed by atoms with Gasteiger partial charge in [0.25, 0.3) is 0 Å². The lowest BCUT2D eigenvalue weighted by Gasteiger charge is -2.18. The molecule has 0 aliphatic carbocycles. The maximum atomic E-state index is 10.7. The highest BCUT2D eigenvalue weighted by atomic mass is 16.5. The van der Waals surface area contributed by atoms with Crippen molar-refractivity contribution < 1.29 is 19.4 Å². The molecule has 0 saturated heterocycles. The highest BCUT2D eigenvalue weighted by Gasteiger charge is 2.27. The first-order valence-corrected chi connectivity index (χ1v) is 5.68. The Morgan fingerprint density at radius 1 is 1.25 bits per heavy atom. The highest BCUT2D eigenvalue weighted by Crippen LogP contribution is 2.05. The summed E-state index contributed by atoms with van der Waals surface area (Å²) in [5.74, 6) is -1.00.